The highest BCUT2D eigenvalue weighted by atomic mass is 19.1. The number of primary amides is 1. The van der Waals surface area contributed by atoms with Gasteiger partial charge in [0.15, 0.2) is 11.5 Å². The van der Waals surface area contributed by atoms with Gasteiger partial charge in [0, 0.05) is 13.1 Å². The molecule has 0 aliphatic carbocycles. The first kappa shape index (κ1) is 24.3. The van der Waals surface area contributed by atoms with E-state index in [0.29, 0.717) is 31.0 Å². The van der Waals surface area contributed by atoms with Crippen LogP contribution in [-0.4, -0.2) is 30.5 Å². The lowest BCUT2D eigenvalue weighted by Gasteiger charge is -2.29. The second-order valence-corrected chi connectivity index (χ2v) is 7.94. The summed E-state index contributed by atoms with van der Waals surface area (Å²) < 4.78 is 24.8. The third-order valence-corrected chi connectivity index (χ3v) is 5.58. The van der Waals surface area contributed by atoms with E-state index in [0.717, 1.165) is 23.1 Å². The fraction of sp³-hybridized carbons (Fsp3) is 0.296. The summed E-state index contributed by atoms with van der Waals surface area (Å²) in [5.41, 5.74) is 8.62. The Morgan fingerprint density at radius 2 is 1.73 bits per heavy atom. The maximum absolute atomic E-state index is 13.4. The number of carbonyl (C=O) groups excluding carboxylic acids is 1. The quantitative estimate of drug-likeness (QED) is 0.434. The van der Waals surface area contributed by atoms with Crippen molar-refractivity contribution in [3.05, 3.63) is 95.3 Å². The molecule has 0 fully saturated rings. The fourth-order valence-electron chi connectivity index (χ4n) is 3.85. The Morgan fingerprint density at radius 1 is 0.970 bits per heavy atom. The second-order valence-electron chi connectivity index (χ2n) is 7.94. The summed E-state index contributed by atoms with van der Waals surface area (Å²) in [6, 6.07) is 21.8. The van der Waals surface area contributed by atoms with Gasteiger partial charge < -0.3 is 15.2 Å². The van der Waals surface area contributed by atoms with Crippen LogP contribution in [0.15, 0.2) is 72.8 Å². The topological polar surface area (TPSA) is 64.8 Å². The lowest BCUT2D eigenvalue weighted by Crippen LogP contribution is -2.44. The van der Waals surface area contributed by atoms with Crippen LogP contribution in [0.3, 0.4) is 0 Å². The van der Waals surface area contributed by atoms with Gasteiger partial charge in [-0.3, -0.25) is 9.69 Å². The summed E-state index contributed by atoms with van der Waals surface area (Å²) >= 11 is 0. The molecule has 0 aromatic heterocycles. The lowest BCUT2D eigenvalue weighted by atomic mass is 10.1. The molecule has 0 aliphatic heterocycles. The summed E-state index contributed by atoms with van der Waals surface area (Å²) in [6.07, 6.45) is 1.37. The van der Waals surface area contributed by atoms with E-state index in [9.17, 15) is 9.18 Å². The Kier molecular flexibility index (Phi) is 8.84. The molecule has 2 N–H and O–H groups in total. The number of rotatable bonds is 12. The monoisotopic (exact) mass is 450 g/mol. The summed E-state index contributed by atoms with van der Waals surface area (Å²) in [7, 11) is 1.59. The Hall–Kier alpha value is -3.38. The molecule has 33 heavy (non-hydrogen) atoms. The minimum Gasteiger partial charge on any atom is -0.493 e. The SMILES string of the molecule is CCC(C(N)=O)N(CCc1ccc(OCc2cccc(F)c2)c(OC)c1)Cc1ccccc1. The molecular weight excluding hydrogens is 419 g/mol. The molecule has 0 saturated carbocycles. The summed E-state index contributed by atoms with van der Waals surface area (Å²) in [4.78, 5) is 14.2. The molecule has 0 aliphatic rings. The van der Waals surface area contributed by atoms with Crippen molar-refractivity contribution in [1.82, 2.24) is 4.90 Å². The predicted molar refractivity (Wildman–Crippen MR) is 128 cm³/mol. The van der Waals surface area contributed by atoms with Gasteiger partial charge in [-0.05, 0) is 53.8 Å². The van der Waals surface area contributed by atoms with Crippen LogP contribution < -0.4 is 15.2 Å². The Labute approximate surface area is 194 Å². The number of amides is 1. The van der Waals surface area contributed by atoms with E-state index in [1.165, 1.54) is 12.1 Å². The molecule has 6 heteroatoms. The maximum atomic E-state index is 13.4. The molecular formula is C27H31FN2O3. The predicted octanol–water partition coefficient (Wildman–Crippen LogP) is 4.72. The Bertz CT molecular complexity index is 1040. The van der Waals surface area contributed by atoms with Gasteiger partial charge in [0.1, 0.15) is 12.4 Å². The molecule has 0 spiro atoms. The number of benzene rings is 3. The van der Waals surface area contributed by atoms with Gasteiger partial charge in [-0.25, -0.2) is 4.39 Å². The standard InChI is InChI=1S/C27H31FN2O3/c1-3-24(27(29)31)30(18-21-8-5-4-6-9-21)15-14-20-12-13-25(26(17-20)32-2)33-19-22-10-7-11-23(28)16-22/h4-13,16-17,24H,3,14-15,18-19H2,1-2H3,(H2,29,31). The highest BCUT2D eigenvalue weighted by Crippen LogP contribution is 2.29. The van der Waals surface area contributed by atoms with Crippen LogP contribution in [0.2, 0.25) is 0 Å². The number of hydrogen-bond acceptors (Lipinski definition) is 4. The van der Waals surface area contributed by atoms with Crippen molar-refractivity contribution in [3.8, 4) is 11.5 Å². The number of ether oxygens (including phenoxy) is 2. The van der Waals surface area contributed by atoms with E-state index in [-0.39, 0.29) is 24.4 Å². The summed E-state index contributed by atoms with van der Waals surface area (Å²) in [6.45, 7) is 3.54. The normalized spacial score (nSPS) is 11.9. The largest absolute Gasteiger partial charge is 0.493 e. The first-order valence-corrected chi connectivity index (χ1v) is 11.1. The Morgan fingerprint density at radius 3 is 2.39 bits per heavy atom. The molecule has 1 amide bonds. The van der Waals surface area contributed by atoms with Crippen LogP contribution in [0, 0.1) is 5.82 Å². The smallest absolute Gasteiger partial charge is 0.234 e. The highest BCUT2D eigenvalue weighted by Gasteiger charge is 2.22. The number of nitrogens with two attached hydrogens (primary N) is 1. The van der Waals surface area contributed by atoms with Crippen molar-refractivity contribution in [3.63, 3.8) is 0 Å². The van der Waals surface area contributed by atoms with Gasteiger partial charge >= 0.3 is 0 Å². The zero-order valence-electron chi connectivity index (χ0n) is 19.2. The first-order valence-electron chi connectivity index (χ1n) is 11.1. The third-order valence-electron chi connectivity index (χ3n) is 5.58. The van der Waals surface area contributed by atoms with E-state index in [1.807, 2.05) is 49.4 Å². The van der Waals surface area contributed by atoms with E-state index in [1.54, 1.807) is 13.2 Å². The number of nitrogens with zero attached hydrogens (tertiary/aromatic N) is 1. The first-order chi connectivity index (χ1) is 16.0. The van der Waals surface area contributed by atoms with Crippen LogP contribution in [-0.2, 0) is 24.4 Å². The molecule has 1 atom stereocenters. The van der Waals surface area contributed by atoms with Gasteiger partial charge in [-0.1, -0.05) is 55.5 Å². The number of halogens is 1. The fourth-order valence-corrected chi connectivity index (χ4v) is 3.85. The van der Waals surface area contributed by atoms with Gasteiger partial charge in [-0.15, -0.1) is 0 Å². The molecule has 3 aromatic carbocycles. The third kappa shape index (κ3) is 7.05. The summed E-state index contributed by atoms with van der Waals surface area (Å²) in [5, 5.41) is 0. The molecule has 0 radical (unpaired) electrons. The van der Waals surface area contributed by atoms with Gasteiger partial charge in [0.2, 0.25) is 5.91 Å². The zero-order valence-corrected chi connectivity index (χ0v) is 19.2. The van der Waals surface area contributed by atoms with Crippen LogP contribution >= 0.6 is 0 Å². The van der Waals surface area contributed by atoms with Crippen LogP contribution in [0.4, 0.5) is 4.39 Å². The summed E-state index contributed by atoms with van der Waals surface area (Å²) in [5.74, 6) is 0.600. The number of carbonyl (C=O) groups is 1. The van der Waals surface area contributed by atoms with Gasteiger partial charge in [0.05, 0.1) is 13.2 Å². The van der Waals surface area contributed by atoms with Crippen molar-refractivity contribution < 1.29 is 18.7 Å². The Balaban J connectivity index is 1.69. The minimum absolute atomic E-state index is 0.245. The van der Waals surface area contributed by atoms with Crippen LogP contribution in [0.1, 0.15) is 30.0 Å². The minimum atomic E-state index is -0.332. The highest BCUT2D eigenvalue weighted by molar-refractivity contribution is 5.79. The zero-order chi connectivity index (χ0) is 23.6. The van der Waals surface area contributed by atoms with E-state index in [2.05, 4.69) is 17.0 Å². The van der Waals surface area contributed by atoms with Crippen molar-refractivity contribution in [1.29, 1.82) is 0 Å². The molecule has 1 unspecified atom stereocenters. The average Bonchev–Trinajstić information content (AvgIpc) is 2.82. The van der Waals surface area contributed by atoms with E-state index >= 15 is 0 Å². The van der Waals surface area contributed by atoms with Gasteiger partial charge in [-0.2, -0.15) is 0 Å². The number of hydrogen-bond donors (Lipinski definition) is 1. The molecule has 0 saturated heterocycles. The maximum Gasteiger partial charge on any atom is 0.234 e. The van der Waals surface area contributed by atoms with E-state index < -0.39 is 0 Å². The molecule has 0 heterocycles. The average molecular weight is 451 g/mol. The molecule has 3 rings (SSSR count). The van der Waals surface area contributed by atoms with Crippen molar-refractivity contribution in [2.75, 3.05) is 13.7 Å². The molecule has 174 valence electrons. The number of methoxy groups -OCH3 is 1. The van der Waals surface area contributed by atoms with Crippen LogP contribution in [0.5, 0.6) is 11.5 Å². The van der Waals surface area contributed by atoms with Gasteiger partial charge in [0.25, 0.3) is 0 Å². The second kappa shape index (κ2) is 12.0. The molecule has 3 aromatic rings. The van der Waals surface area contributed by atoms with Crippen molar-refractivity contribution in [2.45, 2.75) is 39.0 Å². The van der Waals surface area contributed by atoms with Crippen LogP contribution in [0.25, 0.3) is 0 Å². The van der Waals surface area contributed by atoms with Crippen molar-refractivity contribution >= 4 is 5.91 Å². The molecule has 5 nitrogen and oxygen atoms in total. The van der Waals surface area contributed by atoms with Crippen molar-refractivity contribution in [2.24, 2.45) is 5.73 Å². The van der Waals surface area contributed by atoms with E-state index in [4.69, 9.17) is 15.2 Å². The molecule has 0 bridgehead atoms. The lowest BCUT2D eigenvalue weighted by molar-refractivity contribution is -0.123.